The molecule has 0 spiro atoms. The largest absolute Gasteiger partial charge is 0.444 e. The van der Waals surface area contributed by atoms with Crippen molar-refractivity contribution in [2.45, 2.75) is 89.6 Å². The molecule has 0 radical (unpaired) electrons. The van der Waals surface area contributed by atoms with Crippen LogP contribution in [0.3, 0.4) is 0 Å². The minimum Gasteiger partial charge on any atom is -0.444 e. The van der Waals surface area contributed by atoms with Crippen molar-refractivity contribution < 1.29 is 49.5 Å². The SMILES string of the molecule is CC(C)(C)OC(=O)NC1C[C@@](C)(F)c2cc(F)c(-c3nnc(C(C)(C)S(C)(=O)=O)o3)cc2N(Cc2ccc(-c3ccc(OC(C)(F)F)cn3)cc2)C1=O. The van der Waals surface area contributed by atoms with Crippen LogP contribution in [0.15, 0.2) is 59.1 Å². The third kappa shape index (κ3) is 8.77. The third-order valence-corrected chi connectivity index (χ3v) is 10.5. The number of alkyl halides is 3. The van der Waals surface area contributed by atoms with Crippen LogP contribution < -0.4 is 15.0 Å². The van der Waals surface area contributed by atoms with Gasteiger partial charge in [-0.2, -0.15) is 8.78 Å². The van der Waals surface area contributed by atoms with E-state index in [2.05, 4.69) is 25.2 Å². The predicted octanol–water partition coefficient (Wildman–Crippen LogP) is 7.22. The Morgan fingerprint density at radius 3 is 2.28 bits per heavy atom. The normalized spacial score (nSPS) is 18.3. The van der Waals surface area contributed by atoms with E-state index in [9.17, 15) is 26.8 Å². The highest BCUT2D eigenvalue weighted by Crippen LogP contribution is 2.44. The van der Waals surface area contributed by atoms with Crippen LogP contribution in [0.2, 0.25) is 0 Å². The molecule has 17 heteroatoms. The molecule has 0 saturated heterocycles. The lowest BCUT2D eigenvalue weighted by atomic mass is 9.90. The van der Waals surface area contributed by atoms with Gasteiger partial charge in [0, 0.05) is 30.7 Å². The molecule has 4 aromatic rings. The van der Waals surface area contributed by atoms with E-state index in [0.29, 0.717) is 23.7 Å². The Bertz CT molecular complexity index is 2130. The first-order valence-electron chi connectivity index (χ1n) is 16.3. The first-order chi connectivity index (χ1) is 24.3. The smallest absolute Gasteiger partial charge is 0.408 e. The van der Waals surface area contributed by atoms with Gasteiger partial charge in [-0.25, -0.2) is 22.0 Å². The highest BCUT2D eigenvalue weighted by Gasteiger charge is 2.44. The molecule has 1 unspecified atom stereocenters. The lowest BCUT2D eigenvalue weighted by Crippen LogP contribution is -2.50. The number of rotatable bonds is 9. The molecule has 2 aromatic heterocycles. The van der Waals surface area contributed by atoms with Crippen LogP contribution in [0.5, 0.6) is 5.75 Å². The molecule has 12 nitrogen and oxygen atoms in total. The summed E-state index contributed by atoms with van der Waals surface area (Å²) >= 11 is 0. The topological polar surface area (TPSA) is 154 Å². The lowest BCUT2D eigenvalue weighted by molar-refractivity contribution is -0.159. The third-order valence-electron chi connectivity index (χ3n) is 8.50. The number of benzene rings is 2. The Balaban J connectivity index is 1.56. The Morgan fingerprint density at radius 2 is 1.72 bits per heavy atom. The van der Waals surface area contributed by atoms with Crippen LogP contribution in [0.1, 0.15) is 71.9 Å². The molecule has 2 aromatic carbocycles. The number of hydrogen-bond acceptors (Lipinski definition) is 10. The maximum Gasteiger partial charge on any atom is 0.408 e. The van der Waals surface area contributed by atoms with Crippen molar-refractivity contribution in [2.75, 3.05) is 11.2 Å². The summed E-state index contributed by atoms with van der Waals surface area (Å²) in [5.41, 5.74) is -2.35. The maximum absolute atomic E-state index is 16.7. The second-order valence-electron chi connectivity index (χ2n) is 14.6. The number of amides is 2. The van der Waals surface area contributed by atoms with Gasteiger partial charge in [0.1, 0.15) is 33.6 Å². The first-order valence-corrected chi connectivity index (χ1v) is 18.2. The summed E-state index contributed by atoms with van der Waals surface area (Å²) in [6.07, 6.45) is -2.78. The van der Waals surface area contributed by atoms with E-state index in [-0.39, 0.29) is 35.0 Å². The fourth-order valence-corrected chi connectivity index (χ4v) is 5.90. The molecule has 0 bridgehead atoms. The van der Waals surface area contributed by atoms with E-state index in [0.717, 1.165) is 25.4 Å². The molecule has 1 N–H and O–H groups in total. The number of aromatic nitrogens is 3. The van der Waals surface area contributed by atoms with Gasteiger partial charge in [-0.05, 0) is 71.4 Å². The van der Waals surface area contributed by atoms with Crippen LogP contribution >= 0.6 is 0 Å². The minimum atomic E-state index is -3.75. The molecule has 2 amide bonds. The Labute approximate surface area is 303 Å². The van der Waals surface area contributed by atoms with Gasteiger partial charge in [0.2, 0.25) is 11.8 Å². The van der Waals surface area contributed by atoms with Crippen molar-refractivity contribution in [2.24, 2.45) is 0 Å². The van der Waals surface area contributed by atoms with E-state index in [1.54, 1.807) is 45.0 Å². The van der Waals surface area contributed by atoms with Gasteiger partial charge >= 0.3 is 12.2 Å². The molecular formula is C36H39F4N5O7S. The summed E-state index contributed by atoms with van der Waals surface area (Å²) in [5.74, 6) is -2.57. The molecule has 5 rings (SSSR count). The van der Waals surface area contributed by atoms with Crippen molar-refractivity contribution in [1.82, 2.24) is 20.5 Å². The zero-order valence-corrected chi connectivity index (χ0v) is 31.1. The molecule has 2 atom stereocenters. The Hall–Kier alpha value is -5.06. The molecular weight excluding hydrogens is 722 g/mol. The summed E-state index contributed by atoms with van der Waals surface area (Å²) in [7, 11) is -3.75. The van der Waals surface area contributed by atoms with E-state index >= 15 is 8.78 Å². The molecule has 53 heavy (non-hydrogen) atoms. The number of ether oxygens (including phenoxy) is 2. The average Bonchev–Trinajstić information content (AvgIpc) is 3.50. The van der Waals surface area contributed by atoms with Crippen LogP contribution in [0.25, 0.3) is 22.7 Å². The van der Waals surface area contributed by atoms with Crippen molar-refractivity contribution in [1.29, 1.82) is 0 Å². The van der Waals surface area contributed by atoms with E-state index in [1.165, 1.54) is 36.9 Å². The molecule has 1 aliphatic heterocycles. The van der Waals surface area contributed by atoms with Crippen LogP contribution in [-0.4, -0.2) is 59.6 Å². The standard InChI is InChI=1S/C36H39F4N5O7S/c1-33(2,3)52-32(47)42-27-17-35(6,38)24-16-25(37)23(29-43-44-31(50-29)34(4,5)53(8,48)49)15-28(24)45(30(27)46)19-20-9-11-21(12-10-20)26-14-13-22(18-41-26)51-36(7,39)40/h9-16,18,27H,17,19H2,1-8H3,(H,42,47)/t27?,35-/m1/s1. The van der Waals surface area contributed by atoms with E-state index in [4.69, 9.17) is 9.15 Å². The number of carbonyl (C=O) groups is 2. The van der Waals surface area contributed by atoms with Gasteiger partial charge < -0.3 is 24.1 Å². The lowest BCUT2D eigenvalue weighted by Gasteiger charge is -2.27. The van der Waals surface area contributed by atoms with Crippen LogP contribution in [-0.2, 0) is 36.3 Å². The molecule has 1 aliphatic rings. The number of alkyl carbamates (subject to hydrolysis) is 1. The van der Waals surface area contributed by atoms with Crippen molar-refractivity contribution in [3.63, 3.8) is 0 Å². The predicted molar refractivity (Wildman–Crippen MR) is 186 cm³/mol. The molecule has 0 saturated carbocycles. The minimum absolute atomic E-state index is 0.0685. The Kier molecular flexibility index (Phi) is 10.1. The summed E-state index contributed by atoms with van der Waals surface area (Å²) < 4.78 is 97.8. The zero-order valence-electron chi connectivity index (χ0n) is 30.3. The van der Waals surface area contributed by atoms with Gasteiger partial charge in [0.05, 0.1) is 29.7 Å². The number of pyridine rings is 1. The van der Waals surface area contributed by atoms with Crippen molar-refractivity contribution in [3.05, 3.63) is 77.6 Å². The number of carbonyl (C=O) groups excluding carboxylic acids is 2. The summed E-state index contributed by atoms with van der Waals surface area (Å²) in [4.78, 5) is 32.5. The summed E-state index contributed by atoms with van der Waals surface area (Å²) in [5, 5.41) is 10.2. The highest BCUT2D eigenvalue weighted by atomic mass is 32.2. The molecule has 0 fully saturated rings. The van der Waals surface area contributed by atoms with Gasteiger partial charge in [0.15, 0.2) is 9.84 Å². The highest BCUT2D eigenvalue weighted by molar-refractivity contribution is 7.91. The van der Waals surface area contributed by atoms with Gasteiger partial charge in [-0.1, -0.05) is 24.3 Å². The number of sulfone groups is 1. The number of nitrogens with one attached hydrogen (secondary N) is 1. The van der Waals surface area contributed by atoms with Gasteiger partial charge in [-0.15, -0.1) is 10.2 Å². The van der Waals surface area contributed by atoms with Crippen LogP contribution in [0.4, 0.5) is 28.0 Å². The van der Waals surface area contributed by atoms with E-state index < -0.39 is 68.1 Å². The second-order valence-corrected chi connectivity index (χ2v) is 17.1. The number of nitrogens with zero attached hydrogens (tertiary/aromatic N) is 4. The molecule has 3 heterocycles. The number of fused-ring (bicyclic) bond motifs is 1. The van der Waals surface area contributed by atoms with Gasteiger partial charge in [0.25, 0.3) is 5.89 Å². The fourth-order valence-electron chi connectivity index (χ4n) is 5.50. The summed E-state index contributed by atoms with van der Waals surface area (Å²) in [6, 6.07) is 10.1. The average molecular weight is 762 g/mol. The van der Waals surface area contributed by atoms with Crippen molar-refractivity contribution >= 4 is 27.5 Å². The number of anilines is 1. The zero-order chi connectivity index (χ0) is 39.3. The molecule has 284 valence electrons. The van der Waals surface area contributed by atoms with Crippen molar-refractivity contribution in [3.8, 4) is 28.5 Å². The number of hydrogen-bond donors (Lipinski definition) is 1. The number of halogens is 4. The van der Waals surface area contributed by atoms with Crippen LogP contribution in [0, 0.1) is 5.82 Å². The van der Waals surface area contributed by atoms with E-state index in [1.807, 2.05) is 0 Å². The quantitative estimate of drug-likeness (QED) is 0.173. The monoisotopic (exact) mass is 761 g/mol. The summed E-state index contributed by atoms with van der Waals surface area (Å²) in [6.45, 7) is 9.13. The Morgan fingerprint density at radius 1 is 1.06 bits per heavy atom. The fraction of sp³-hybridized carbons (Fsp3) is 0.417. The second kappa shape index (κ2) is 13.7. The molecule has 0 aliphatic carbocycles. The maximum atomic E-state index is 16.7. The van der Waals surface area contributed by atoms with Gasteiger partial charge in [-0.3, -0.25) is 9.78 Å². The first kappa shape index (κ1) is 39.2.